The summed E-state index contributed by atoms with van der Waals surface area (Å²) in [4.78, 5) is 42.3. The number of aromatic nitrogens is 2. The Morgan fingerprint density at radius 1 is 1.44 bits per heavy atom. The zero-order valence-corrected chi connectivity index (χ0v) is 13.2. The number of halogens is 1. The Balaban J connectivity index is 2.54. The minimum absolute atomic E-state index is 0.414. The molecule has 1 aliphatic heterocycles. The zero-order valence-electron chi connectivity index (χ0n) is 12.3. The molecule has 1 aliphatic rings. The van der Waals surface area contributed by atoms with E-state index in [1.54, 1.807) is 4.98 Å². The van der Waals surface area contributed by atoms with Crippen LogP contribution in [0.5, 0.6) is 0 Å². The van der Waals surface area contributed by atoms with Gasteiger partial charge in [-0.15, -0.1) is 0 Å². The number of nitrogens with zero attached hydrogens (tertiary/aromatic N) is 2. The molecule has 0 aromatic carbocycles. The summed E-state index contributed by atoms with van der Waals surface area (Å²) in [6.45, 7) is -2.85. The van der Waals surface area contributed by atoms with Gasteiger partial charge in [-0.1, -0.05) is 0 Å². The van der Waals surface area contributed by atoms with Crippen molar-refractivity contribution >= 4 is 7.82 Å². The van der Waals surface area contributed by atoms with Gasteiger partial charge in [-0.05, 0) is 0 Å². The van der Waals surface area contributed by atoms with Crippen molar-refractivity contribution in [3.05, 3.63) is 33.1 Å². The first-order chi connectivity index (χ1) is 11.5. The number of nitrogens with one attached hydrogen (secondary N) is 1. The number of H-pyrrole nitrogens is 1. The van der Waals surface area contributed by atoms with Gasteiger partial charge in [0.25, 0.3) is 11.3 Å². The van der Waals surface area contributed by atoms with E-state index in [1.807, 2.05) is 0 Å². The van der Waals surface area contributed by atoms with Crippen LogP contribution in [0.4, 0.5) is 4.39 Å². The molecule has 2 heterocycles. The Kier molecular flexibility index (Phi) is 4.99. The van der Waals surface area contributed by atoms with Crippen molar-refractivity contribution in [3.63, 3.8) is 0 Å². The molecule has 1 saturated heterocycles. The molecule has 0 radical (unpaired) electrons. The summed E-state index contributed by atoms with van der Waals surface area (Å²) in [5.74, 6) is 0. The first-order valence-corrected chi connectivity index (χ1v) is 8.10. The van der Waals surface area contributed by atoms with E-state index < -0.39 is 55.9 Å². The number of rotatable bonds is 5. The first-order valence-electron chi connectivity index (χ1n) is 6.57. The number of nitriles is 1. The Hall–Kier alpha value is -1.91. The predicted molar refractivity (Wildman–Crippen MR) is 74.7 cm³/mol. The lowest BCUT2D eigenvalue weighted by Gasteiger charge is -2.30. The monoisotopic (exact) mass is 381 g/mol. The summed E-state index contributed by atoms with van der Waals surface area (Å²) < 4.78 is 34.0. The van der Waals surface area contributed by atoms with Gasteiger partial charge in [-0.25, -0.2) is 13.8 Å². The Labute approximate surface area is 137 Å². The van der Waals surface area contributed by atoms with Crippen LogP contribution in [-0.2, 0) is 19.6 Å². The van der Waals surface area contributed by atoms with E-state index in [0.29, 0.717) is 4.57 Å². The molecule has 0 saturated carbocycles. The maximum Gasteiger partial charge on any atom is 0.469 e. The van der Waals surface area contributed by atoms with E-state index in [-0.39, 0.29) is 0 Å². The van der Waals surface area contributed by atoms with Gasteiger partial charge in [0.2, 0.25) is 0 Å². The molecule has 12 nitrogen and oxygen atoms in total. The number of phosphoric acid groups is 1. The molecule has 4 atom stereocenters. The highest BCUT2D eigenvalue weighted by atomic mass is 31.2. The van der Waals surface area contributed by atoms with Crippen LogP contribution in [0.2, 0.25) is 0 Å². The second kappa shape index (κ2) is 6.43. The van der Waals surface area contributed by atoms with Crippen molar-refractivity contribution in [2.24, 2.45) is 0 Å². The van der Waals surface area contributed by atoms with Gasteiger partial charge in [0.15, 0.2) is 5.60 Å². The average Bonchev–Trinajstić information content (AvgIpc) is 2.75. The maximum atomic E-state index is 13.5. The van der Waals surface area contributed by atoms with E-state index in [2.05, 4.69) is 4.52 Å². The van der Waals surface area contributed by atoms with Crippen LogP contribution >= 0.6 is 7.82 Å². The number of aliphatic hydroxyl groups is 2. The molecule has 1 aromatic heterocycles. The molecule has 0 bridgehead atoms. The minimum atomic E-state index is -5.10. The number of aromatic amines is 1. The molecule has 2 rings (SSSR count). The third kappa shape index (κ3) is 3.29. The third-order valence-electron chi connectivity index (χ3n) is 3.64. The number of aliphatic hydroxyl groups excluding tert-OH is 2. The number of phosphoric ester groups is 1. The quantitative estimate of drug-likeness (QED) is 0.334. The molecule has 0 amide bonds. The first kappa shape index (κ1) is 19.4. The standard InChI is InChI=1S/C11H13FN3O9P/c12-3-10(5-23-25(20,21)22)7(17)8(18)11(4-13,24-10)15-2-1-6(16)14-9(15)19/h1-2,7-8,17-18H,3,5H2,(H,14,16,19)(H2,20,21,22)/t7-,8+,10+,11+/m0/s1. The normalized spacial score (nSPS) is 32.5. The SMILES string of the molecule is N#C[C@@]1(n2ccc(=O)[nH]c2=O)O[C@](CF)(COP(=O)(O)O)[C@@H](O)[C@H]1O. The van der Waals surface area contributed by atoms with Crippen LogP contribution in [0.1, 0.15) is 0 Å². The van der Waals surface area contributed by atoms with Crippen LogP contribution in [0, 0.1) is 11.3 Å². The molecule has 0 spiro atoms. The van der Waals surface area contributed by atoms with E-state index in [9.17, 15) is 34.0 Å². The fraction of sp³-hybridized carbons (Fsp3) is 0.545. The molecule has 14 heteroatoms. The van der Waals surface area contributed by atoms with Gasteiger partial charge in [-0.2, -0.15) is 5.26 Å². The van der Waals surface area contributed by atoms with Gasteiger partial charge >= 0.3 is 13.5 Å². The smallest absolute Gasteiger partial charge is 0.387 e. The summed E-state index contributed by atoms with van der Waals surface area (Å²) >= 11 is 0. The van der Waals surface area contributed by atoms with Gasteiger partial charge < -0.3 is 24.7 Å². The van der Waals surface area contributed by atoms with Crippen LogP contribution in [0.3, 0.4) is 0 Å². The van der Waals surface area contributed by atoms with Crippen molar-refractivity contribution in [1.29, 1.82) is 5.26 Å². The predicted octanol–water partition coefficient (Wildman–Crippen LogP) is -2.72. The summed E-state index contributed by atoms with van der Waals surface area (Å²) in [6, 6.07) is 2.22. The minimum Gasteiger partial charge on any atom is -0.387 e. The summed E-state index contributed by atoms with van der Waals surface area (Å²) in [5, 5.41) is 29.7. The molecule has 0 unspecified atom stereocenters. The fourth-order valence-corrected chi connectivity index (χ4v) is 2.79. The van der Waals surface area contributed by atoms with Crippen molar-refractivity contribution < 1.29 is 38.2 Å². The second-order valence-electron chi connectivity index (χ2n) is 5.24. The number of alkyl halides is 1. The highest BCUT2D eigenvalue weighted by molar-refractivity contribution is 7.46. The summed E-state index contributed by atoms with van der Waals surface area (Å²) in [6.07, 6.45) is -3.63. The molecular weight excluding hydrogens is 368 g/mol. The van der Waals surface area contributed by atoms with Crippen molar-refractivity contribution in [1.82, 2.24) is 9.55 Å². The van der Waals surface area contributed by atoms with Crippen molar-refractivity contribution in [2.75, 3.05) is 13.3 Å². The highest BCUT2D eigenvalue weighted by Gasteiger charge is 2.65. The van der Waals surface area contributed by atoms with Crippen LogP contribution in [0.15, 0.2) is 21.9 Å². The largest absolute Gasteiger partial charge is 0.469 e. The van der Waals surface area contributed by atoms with Gasteiger partial charge in [0.1, 0.15) is 25.0 Å². The van der Waals surface area contributed by atoms with Gasteiger partial charge in [0.05, 0.1) is 6.61 Å². The van der Waals surface area contributed by atoms with Crippen LogP contribution in [-0.4, -0.2) is 60.6 Å². The fourth-order valence-electron chi connectivity index (χ4n) is 2.40. The lowest BCUT2D eigenvalue weighted by atomic mass is 9.95. The lowest BCUT2D eigenvalue weighted by Crippen LogP contribution is -2.50. The third-order valence-corrected chi connectivity index (χ3v) is 4.11. The van der Waals surface area contributed by atoms with Crippen LogP contribution in [0.25, 0.3) is 0 Å². The van der Waals surface area contributed by atoms with Gasteiger partial charge in [-0.3, -0.25) is 18.9 Å². The number of hydrogen-bond donors (Lipinski definition) is 5. The van der Waals surface area contributed by atoms with E-state index in [1.165, 1.54) is 6.07 Å². The zero-order chi connectivity index (χ0) is 19.0. The molecule has 25 heavy (non-hydrogen) atoms. The topological polar surface area (TPSA) is 195 Å². The average molecular weight is 381 g/mol. The molecule has 1 aromatic rings. The number of ether oxygens (including phenoxy) is 1. The summed E-state index contributed by atoms with van der Waals surface area (Å²) in [7, 11) is -5.10. The number of hydrogen-bond acceptors (Lipinski definition) is 8. The van der Waals surface area contributed by atoms with Crippen molar-refractivity contribution in [2.45, 2.75) is 23.5 Å². The molecule has 138 valence electrons. The van der Waals surface area contributed by atoms with Crippen molar-refractivity contribution in [3.8, 4) is 6.07 Å². The lowest BCUT2D eigenvalue weighted by molar-refractivity contribution is -0.167. The second-order valence-corrected chi connectivity index (χ2v) is 6.48. The van der Waals surface area contributed by atoms with Crippen LogP contribution < -0.4 is 11.2 Å². The van der Waals surface area contributed by atoms with E-state index in [4.69, 9.17) is 14.5 Å². The van der Waals surface area contributed by atoms with Gasteiger partial charge in [0, 0.05) is 12.3 Å². The van der Waals surface area contributed by atoms with E-state index >= 15 is 0 Å². The Bertz CT molecular complexity index is 859. The molecule has 5 N–H and O–H groups in total. The molecule has 1 fully saturated rings. The maximum absolute atomic E-state index is 13.5. The molecule has 0 aliphatic carbocycles. The molecular formula is C11H13FN3O9P. The van der Waals surface area contributed by atoms with E-state index in [0.717, 1.165) is 12.3 Å². The summed E-state index contributed by atoms with van der Waals surface area (Å²) in [5.41, 5.74) is -7.26. The Morgan fingerprint density at radius 3 is 2.56 bits per heavy atom. The Morgan fingerprint density at radius 2 is 2.08 bits per heavy atom. The highest BCUT2D eigenvalue weighted by Crippen LogP contribution is 2.45.